The lowest BCUT2D eigenvalue weighted by molar-refractivity contribution is -0.305. The fourth-order valence-electron chi connectivity index (χ4n) is 0.604. The van der Waals surface area contributed by atoms with E-state index >= 15 is 0 Å². The fraction of sp³-hybridized carbons (Fsp3) is 0.778. The van der Waals surface area contributed by atoms with Crippen LogP contribution < -0.4 is 0 Å². The lowest BCUT2D eigenvalue weighted by Crippen LogP contribution is -2.21. The van der Waals surface area contributed by atoms with Crippen LogP contribution in [0.25, 0.3) is 0 Å². The van der Waals surface area contributed by atoms with Crippen LogP contribution in [0.15, 0.2) is 0 Å². The molecule has 132 valence electrons. The number of hydrogen-bond acceptors (Lipinski definition) is 4. The van der Waals surface area contributed by atoms with Crippen LogP contribution in [-0.2, 0) is 19.1 Å². The molecule has 0 aliphatic heterocycles. The molecule has 0 bridgehead atoms. The van der Waals surface area contributed by atoms with Gasteiger partial charge in [-0.3, -0.25) is 14.0 Å². The topological polar surface area (TPSA) is 52.6 Å². The molecule has 4 nitrogen and oxygen atoms in total. The molecular formula is C9H9F9O4. The minimum absolute atomic E-state index is 0.862. The van der Waals surface area contributed by atoms with Gasteiger partial charge in [0.25, 0.3) is 0 Å². The minimum atomic E-state index is -4.99. The van der Waals surface area contributed by atoms with Crippen molar-refractivity contribution >= 4 is 11.9 Å². The molecule has 0 aromatic rings. The van der Waals surface area contributed by atoms with Crippen molar-refractivity contribution < 1.29 is 58.6 Å². The fourth-order valence-corrected chi connectivity index (χ4v) is 0.604. The number of alkyl halides is 9. The summed E-state index contributed by atoms with van der Waals surface area (Å²) in [5, 5.41) is 0. The number of esters is 2. The highest BCUT2D eigenvalue weighted by atomic mass is 19.4. The van der Waals surface area contributed by atoms with Gasteiger partial charge in [-0.25, -0.2) is 8.78 Å². The van der Waals surface area contributed by atoms with E-state index in [4.69, 9.17) is 0 Å². The first-order valence-corrected chi connectivity index (χ1v) is 5.12. The third-order valence-corrected chi connectivity index (χ3v) is 1.25. The lowest BCUT2D eigenvalue weighted by Gasteiger charge is -2.06. The number of rotatable bonds is 5. The Hall–Kier alpha value is -1.69. The first kappa shape index (κ1) is 22.6. The molecule has 0 saturated carbocycles. The minimum Gasteiger partial charge on any atom is -0.456 e. The van der Waals surface area contributed by atoms with E-state index in [1.54, 1.807) is 0 Å². The van der Waals surface area contributed by atoms with E-state index in [-0.39, 0.29) is 0 Å². The zero-order chi connectivity index (χ0) is 18.0. The van der Waals surface area contributed by atoms with Gasteiger partial charge in [0.1, 0.15) is 6.42 Å². The van der Waals surface area contributed by atoms with Crippen molar-refractivity contribution in [2.45, 2.75) is 31.8 Å². The second kappa shape index (κ2) is 10.1. The van der Waals surface area contributed by atoms with E-state index in [2.05, 4.69) is 9.47 Å². The van der Waals surface area contributed by atoms with E-state index in [0.717, 1.165) is 0 Å². The summed E-state index contributed by atoms with van der Waals surface area (Å²) in [6.07, 6.45) is -14.8. The maximum Gasteiger partial charge on any atom is 0.575 e. The average Bonchev–Trinajstić information content (AvgIpc) is 2.23. The molecule has 0 heterocycles. The number of halogens is 9. The Kier molecular flexibility index (Phi) is 10.4. The second-order valence-electron chi connectivity index (χ2n) is 3.23. The highest BCUT2D eigenvalue weighted by molar-refractivity contribution is 5.69. The zero-order valence-electron chi connectivity index (χ0n) is 10.4. The molecule has 13 heteroatoms. The molecule has 0 aliphatic rings. The summed E-state index contributed by atoms with van der Waals surface area (Å²) in [4.78, 5) is 20.0. The summed E-state index contributed by atoms with van der Waals surface area (Å²) in [6.45, 7) is -2.96. The van der Waals surface area contributed by atoms with Crippen LogP contribution >= 0.6 is 0 Å². The summed E-state index contributed by atoms with van der Waals surface area (Å²) < 4.78 is 107. The van der Waals surface area contributed by atoms with Crippen LogP contribution in [0.5, 0.6) is 0 Å². The van der Waals surface area contributed by atoms with Crippen molar-refractivity contribution in [3.8, 4) is 0 Å². The maximum atomic E-state index is 11.3. The summed E-state index contributed by atoms with van der Waals surface area (Å²) >= 11 is 0. The monoisotopic (exact) mass is 352 g/mol. The molecule has 0 aliphatic carbocycles. The van der Waals surface area contributed by atoms with E-state index in [0.29, 0.717) is 0 Å². The number of carbonyl (C=O) groups is 2. The van der Waals surface area contributed by atoms with E-state index < -0.39 is 57.0 Å². The molecule has 0 saturated heterocycles. The predicted octanol–water partition coefficient (Wildman–Crippen LogP) is 3.16. The van der Waals surface area contributed by atoms with Gasteiger partial charge in [-0.1, -0.05) is 0 Å². The number of carbonyl (C=O) groups excluding carboxylic acids is 2. The van der Waals surface area contributed by atoms with Gasteiger partial charge in [-0.2, -0.15) is 13.2 Å². The first-order chi connectivity index (χ1) is 9.76. The normalized spacial score (nSPS) is 11.5. The lowest BCUT2D eigenvalue weighted by atomic mass is 10.4. The molecule has 0 spiro atoms. The Bertz CT molecular complexity index is 337. The Morgan fingerprint density at radius 1 is 0.955 bits per heavy atom. The van der Waals surface area contributed by atoms with Gasteiger partial charge in [-0.05, 0) is 0 Å². The molecular weight excluding hydrogens is 343 g/mol. The van der Waals surface area contributed by atoms with Gasteiger partial charge in [-0.15, -0.1) is 13.2 Å². The third kappa shape index (κ3) is 20.6. The van der Waals surface area contributed by atoms with Crippen LogP contribution in [0.3, 0.4) is 0 Å². The molecule has 0 amide bonds. The van der Waals surface area contributed by atoms with Crippen LogP contribution in [0.4, 0.5) is 39.5 Å². The highest BCUT2D eigenvalue weighted by Crippen LogP contribution is 2.17. The Morgan fingerprint density at radius 3 is 1.77 bits per heavy atom. The molecule has 0 unspecified atom stereocenters. The molecule has 0 atom stereocenters. The summed E-state index contributed by atoms with van der Waals surface area (Å²) in [5.74, 6) is -3.16. The van der Waals surface area contributed by atoms with Crippen molar-refractivity contribution in [1.82, 2.24) is 0 Å². The Balaban J connectivity index is 0. The van der Waals surface area contributed by atoms with Crippen LogP contribution in [-0.4, -0.2) is 44.2 Å². The molecule has 0 aromatic heterocycles. The highest BCUT2D eigenvalue weighted by Gasteiger charge is 2.33. The summed E-state index contributed by atoms with van der Waals surface area (Å²) in [5.41, 5.74) is 0. The summed E-state index contributed by atoms with van der Waals surface area (Å²) in [7, 11) is 0. The average molecular weight is 352 g/mol. The van der Waals surface area contributed by atoms with Crippen molar-refractivity contribution in [3.05, 3.63) is 0 Å². The Labute approximate surface area is 117 Å². The SMILES string of the molecule is O=C(CC(F)F)OCC(F)(F)F.O=C(CCF)OC(F)(F)F. The van der Waals surface area contributed by atoms with Crippen LogP contribution in [0.2, 0.25) is 0 Å². The summed E-state index contributed by atoms with van der Waals surface area (Å²) in [6, 6.07) is 0. The first-order valence-electron chi connectivity index (χ1n) is 5.12. The van der Waals surface area contributed by atoms with Crippen LogP contribution in [0, 0.1) is 0 Å². The molecule has 22 heavy (non-hydrogen) atoms. The van der Waals surface area contributed by atoms with Crippen molar-refractivity contribution in [2.24, 2.45) is 0 Å². The molecule has 0 N–H and O–H groups in total. The van der Waals surface area contributed by atoms with E-state index in [1.807, 2.05) is 0 Å². The zero-order valence-corrected chi connectivity index (χ0v) is 10.4. The number of hydrogen-bond donors (Lipinski definition) is 0. The number of ether oxygens (including phenoxy) is 2. The quantitative estimate of drug-likeness (QED) is 0.564. The van der Waals surface area contributed by atoms with E-state index in [9.17, 15) is 49.1 Å². The van der Waals surface area contributed by atoms with Gasteiger partial charge in [0.2, 0.25) is 6.43 Å². The molecule has 0 radical (unpaired) electrons. The smallest absolute Gasteiger partial charge is 0.456 e. The van der Waals surface area contributed by atoms with Gasteiger partial charge >= 0.3 is 24.5 Å². The molecule has 0 aromatic carbocycles. The third-order valence-electron chi connectivity index (χ3n) is 1.25. The molecule has 0 rings (SSSR count). The second-order valence-corrected chi connectivity index (χ2v) is 3.23. The van der Waals surface area contributed by atoms with Crippen molar-refractivity contribution in [3.63, 3.8) is 0 Å². The van der Waals surface area contributed by atoms with Crippen molar-refractivity contribution in [2.75, 3.05) is 13.3 Å². The standard InChI is InChI=1S/C5H5F5O2.C4H4F4O2/c6-3(7)1-4(11)12-2-5(8,9)10;5-2-1-3(9)10-4(6,7)8/h3H,1-2H2;1-2H2. The largest absolute Gasteiger partial charge is 0.575 e. The van der Waals surface area contributed by atoms with Crippen LogP contribution in [0.1, 0.15) is 12.8 Å². The van der Waals surface area contributed by atoms with E-state index in [1.165, 1.54) is 0 Å². The molecule has 0 fully saturated rings. The van der Waals surface area contributed by atoms with Gasteiger partial charge in [0.15, 0.2) is 6.61 Å². The predicted molar refractivity (Wildman–Crippen MR) is 50.4 cm³/mol. The van der Waals surface area contributed by atoms with Crippen molar-refractivity contribution in [1.29, 1.82) is 0 Å². The maximum absolute atomic E-state index is 11.3. The van der Waals surface area contributed by atoms with Gasteiger partial charge < -0.3 is 9.47 Å². The van der Waals surface area contributed by atoms with Gasteiger partial charge in [0.05, 0.1) is 13.1 Å². The van der Waals surface area contributed by atoms with Gasteiger partial charge in [0, 0.05) is 0 Å². The Morgan fingerprint density at radius 2 is 1.45 bits per heavy atom.